The zero-order valence-corrected chi connectivity index (χ0v) is 12.2. The molecule has 102 valence electrons. The highest BCUT2D eigenvalue weighted by Crippen LogP contribution is 2.29. The first kappa shape index (κ1) is 14.0. The minimum Gasteiger partial charge on any atom is -0.382 e. The zero-order chi connectivity index (χ0) is 14.9. The fraction of sp³-hybridized carbons (Fsp3) is 0.312. The lowest BCUT2D eigenvalue weighted by atomic mass is 9.85. The monoisotopic (exact) mass is 266 g/mol. The number of nitriles is 1. The molecule has 0 aliphatic rings. The lowest BCUT2D eigenvalue weighted by molar-refractivity contribution is 0.590. The summed E-state index contributed by atoms with van der Waals surface area (Å²) in [6.07, 6.45) is 1.47. The molecular weight excluding hydrogens is 248 g/mol. The highest BCUT2D eigenvalue weighted by molar-refractivity contribution is 5.64. The first-order chi connectivity index (χ1) is 9.32. The summed E-state index contributed by atoms with van der Waals surface area (Å²) < 4.78 is 0. The maximum absolute atomic E-state index is 8.88. The summed E-state index contributed by atoms with van der Waals surface area (Å²) in [4.78, 5) is 8.49. The van der Waals surface area contributed by atoms with E-state index in [0.717, 1.165) is 11.1 Å². The van der Waals surface area contributed by atoms with Crippen LogP contribution in [0.2, 0.25) is 0 Å². The number of nitrogens with two attached hydrogens (primary N) is 1. The Morgan fingerprint density at radius 2 is 1.95 bits per heavy atom. The number of aryl methyl sites for hydroxylation is 1. The Bertz CT molecular complexity index is 691. The van der Waals surface area contributed by atoms with Gasteiger partial charge in [0.1, 0.15) is 17.5 Å². The Morgan fingerprint density at radius 3 is 2.50 bits per heavy atom. The molecule has 1 heterocycles. The van der Waals surface area contributed by atoms with Crippen molar-refractivity contribution in [1.82, 2.24) is 9.97 Å². The van der Waals surface area contributed by atoms with Crippen LogP contribution >= 0.6 is 0 Å². The van der Waals surface area contributed by atoms with Crippen LogP contribution < -0.4 is 5.73 Å². The molecule has 1 aromatic heterocycles. The van der Waals surface area contributed by atoms with Gasteiger partial charge in [0.2, 0.25) is 0 Å². The van der Waals surface area contributed by atoms with Crippen molar-refractivity contribution in [2.75, 3.05) is 5.73 Å². The van der Waals surface area contributed by atoms with Crippen LogP contribution in [0.3, 0.4) is 0 Å². The molecule has 0 saturated heterocycles. The molecule has 0 amide bonds. The van der Waals surface area contributed by atoms with Gasteiger partial charge < -0.3 is 5.73 Å². The van der Waals surface area contributed by atoms with E-state index < -0.39 is 0 Å². The van der Waals surface area contributed by atoms with Crippen LogP contribution in [0.5, 0.6) is 0 Å². The zero-order valence-electron chi connectivity index (χ0n) is 12.2. The Labute approximate surface area is 119 Å². The molecule has 0 atom stereocenters. The van der Waals surface area contributed by atoms with Gasteiger partial charge in [0.25, 0.3) is 0 Å². The molecule has 20 heavy (non-hydrogen) atoms. The fourth-order valence-corrected chi connectivity index (χ4v) is 1.94. The number of hydrogen-bond acceptors (Lipinski definition) is 4. The van der Waals surface area contributed by atoms with E-state index in [1.807, 2.05) is 13.0 Å². The minimum atomic E-state index is 0.0561. The molecule has 0 fully saturated rings. The highest BCUT2D eigenvalue weighted by atomic mass is 14.9. The molecule has 2 N–H and O–H groups in total. The maximum atomic E-state index is 8.88. The average Bonchev–Trinajstić information content (AvgIpc) is 2.37. The second kappa shape index (κ2) is 4.93. The highest BCUT2D eigenvalue weighted by Gasteiger charge is 2.16. The van der Waals surface area contributed by atoms with Crippen molar-refractivity contribution in [3.05, 3.63) is 41.1 Å². The van der Waals surface area contributed by atoms with Gasteiger partial charge in [0.15, 0.2) is 5.82 Å². The summed E-state index contributed by atoms with van der Waals surface area (Å²) in [6.45, 7) is 8.50. The van der Waals surface area contributed by atoms with Gasteiger partial charge >= 0.3 is 0 Å². The second-order valence-electron chi connectivity index (χ2n) is 5.88. The topological polar surface area (TPSA) is 75.6 Å². The Hall–Kier alpha value is -2.41. The molecule has 2 rings (SSSR count). The van der Waals surface area contributed by atoms with Gasteiger partial charge in [0, 0.05) is 5.56 Å². The van der Waals surface area contributed by atoms with Gasteiger partial charge in [-0.05, 0) is 29.5 Å². The SMILES string of the molecule is Cc1ccc(C(C)(C)C)cc1-c1ncc(C#N)c(N)n1. The molecule has 2 aromatic rings. The van der Waals surface area contributed by atoms with E-state index in [4.69, 9.17) is 11.0 Å². The maximum Gasteiger partial charge on any atom is 0.161 e. The molecular formula is C16H18N4. The van der Waals surface area contributed by atoms with Crippen molar-refractivity contribution in [3.63, 3.8) is 0 Å². The Morgan fingerprint density at radius 1 is 1.25 bits per heavy atom. The summed E-state index contributed by atoms with van der Waals surface area (Å²) in [5.74, 6) is 0.781. The third kappa shape index (κ3) is 2.62. The molecule has 0 bridgehead atoms. The van der Waals surface area contributed by atoms with Gasteiger partial charge in [0.05, 0.1) is 6.20 Å². The fourth-order valence-electron chi connectivity index (χ4n) is 1.94. The third-order valence-electron chi connectivity index (χ3n) is 3.28. The predicted molar refractivity (Wildman–Crippen MR) is 80.0 cm³/mol. The average molecular weight is 266 g/mol. The number of hydrogen-bond donors (Lipinski definition) is 1. The smallest absolute Gasteiger partial charge is 0.161 e. The quantitative estimate of drug-likeness (QED) is 0.860. The van der Waals surface area contributed by atoms with Crippen LogP contribution in [0.25, 0.3) is 11.4 Å². The standard InChI is InChI=1S/C16H18N4/c1-10-5-6-12(16(2,3)4)7-13(10)15-19-9-11(8-17)14(18)20-15/h5-7,9H,1-4H3,(H2,18,19,20). The number of aromatic nitrogens is 2. The van der Waals surface area contributed by atoms with E-state index in [1.165, 1.54) is 11.8 Å². The van der Waals surface area contributed by atoms with Crippen LogP contribution in [0.4, 0.5) is 5.82 Å². The molecule has 0 saturated carbocycles. The van der Waals surface area contributed by atoms with Crippen LogP contribution in [0.15, 0.2) is 24.4 Å². The van der Waals surface area contributed by atoms with Gasteiger partial charge in [-0.1, -0.05) is 32.9 Å². The third-order valence-corrected chi connectivity index (χ3v) is 3.28. The van der Waals surface area contributed by atoms with Crippen molar-refractivity contribution in [2.24, 2.45) is 0 Å². The molecule has 0 unspecified atom stereocenters. The minimum absolute atomic E-state index is 0.0561. The van der Waals surface area contributed by atoms with E-state index in [-0.39, 0.29) is 11.2 Å². The molecule has 0 aliphatic heterocycles. The summed E-state index contributed by atoms with van der Waals surface area (Å²) in [5, 5.41) is 8.88. The molecule has 0 radical (unpaired) electrons. The van der Waals surface area contributed by atoms with E-state index in [9.17, 15) is 0 Å². The summed E-state index contributed by atoms with van der Waals surface area (Å²) >= 11 is 0. The normalized spacial score (nSPS) is 11.2. The van der Waals surface area contributed by atoms with Gasteiger partial charge in [-0.15, -0.1) is 0 Å². The lowest BCUT2D eigenvalue weighted by Crippen LogP contribution is -2.11. The number of nitrogens with zero attached hydrogens (tertiary/aromatic N) is 3. The largest absolute Gasteiger partial charge is 0.382 e. The van der Waals surface area contributed by atoms with Gasteiger partial charge in [-0.3, -0.25) is 0 Å². The van der Waals surface area contributed by atoms with Gasteiger partial charge in [-0.2, -0.15) is 5.26 Å². The number of benzene rings is 1. The summed E-state index contributed by atoms with van der Waals surface area (Å²) in [5.41, 5.74) is 9.38. The first-order valence-electron chi connectivity index (χ1n) is 6.47. The van der Waals surface area contributed by atoms with Crippen LogP contribution in [0.1, 0.15) is 37.5 Å². The van der Waals surface area contributed by atoms with E-state index in [2.05, 4.69) is 48.9 Å². The summed E-state index contributed by atoms with van der Waals surface area (Å²) in [7, 11) is 0. The van der Waals surface area contributed by atoms with Gasteiger partial charge in [-0.25, -0.2) is 9.97 Å². The van der Waals surface area contributed by atoms with E-state index in [1.54, 1.807) is 0 Å². The van der Waals surface area contributed by atoms with Crippen molar-refractivity contribution in [3.8, 4) is 17.5 Å². The lowest BCUT2D eigenvalue weighted by Gasteiger charge is -2.20. The molecule has 0 aliphatic carbocycles. The van der Waals surface area contributed by atoms with Crippen molar-refractivity contribution >= 4 is 5.82 Å². The number of nitrogen functional groups attached to an aromatic ring is 1. The number of rotatable bonds is 1. The van der Waals surface area contributed by atoms with Crippen LogP contribution in [0, 0.1) is 18.3 Å². The van der Waals surface area contributed by atoms with E-state index in [0.29, 0.717) is 11.4 Å². The number of anilines is 1. The predicted octanol–water partition coefficient (Wildman–Crippen LogP) is 3.20. The van der Waals surface area contributed by atoms with Crippen LogP contribution in [-0.2, 0) is 5.41 Å². The van der Waals surface area contributed by atoms with E-state index >= 15 is 0 Å². The molecule has 4 nitrogen and oxygen atoms in total. The van der Waals surface area contributed by atoms with Crippen molar-refractivity contribution in [2.45, 2.75) is 33.1 Å². The molecule has 4 heteroatoms. The van der Waals surface area contributed by atoms with Crippen LogP contribution in [-0.4, -0.2) is 9.97 Å². The molecule has 1 aromatic carbocycles. The second-order valence-corrected chi connectivity index (χ2v) is 5.88. The Kier molecular flexibility index (Phi) is 3.46. The molecule has 0 spiro atoms. The summed E-state index contributed by atoms with van der Waals surface area (Å²) in [6, 6.07) is 8.25. The Balaban J connectivity index is 2.58. The van der Waals surface area contributed by atoms with Crippen molar-refractivity contribution < 1.29 is 0 Å². The first-order valence-corrected chi connectivity index (χ1v) is 6.47. The van der Waals surface area contributed by atoms with Crippen molar-refractivity contribution in [1.29, 1.82) is 5.26 Å².